The first kappa shape index (κ1) is 16.8. The number of aromatic nitrogens is 2. The fraction of sp³-hybridized carbons (Fsp3) is 0.556. The molecule has 1 N–H and O–H groups in total. The van der Waals surface area contributed by atoms with Gasteiger partial charge in [0.25, 0.3) is 0 Å². The highest BCUT2D eigenvalue weighted by Gasteiger charge is 2.35. The highest BCUT2D eigenvalue weighted by atomic mass is 16.6. The van der Waals surface area contributed by atoms with Gasteiger partial charge in [0.2, 0.25) is 11.8 Å². The summed E-state index contributed by atoms with van der Waals surface area (Å²) in [7, 11) is 0. The molecule has 1 aromatic heterocycles. The molecule has 0 bridgehead atoms. The average Bonchev–Trinajstić information content (AvgIpc) is 3.35. The highest BCUT2D eigenvalue weighted by Crippen LogP contribution is 2.32. The van der Waals surface area contributed by atoms with Crippen LogP contribution in [0.2, 0.25) is 0 Å². The fourth-order valence-electron chi connectivity index (χ4n) is 3.81. The molecule has 0 saturated carbocycles. The second-order valence-corrected chi connectivity index (χ2v) is 7.32. The number of nitrogens with zero attached hydrogens (tertiary/aromatic N) is 4. The van der Waals surface area contributed by atoms with Crippen molar-refractivity contribution in [3.63, 3.8) is 0 Å². The first-order valence-corrected chi connectivity index (χ1v) is 9.15. The summed E-state index contributed by atoms with van der Waals surface area (Å²) < 4.78 is 4.94. The molecule has 138 valence electrons. The van der Waals surface area contributed by atoms with Gasteiger partial charge in [0.1, 0.15) is 0 Å². The van der Waals surface area contributed by atoms with Gasteiger partial charge in [-0.2, -0.15) is 0 Å². The minimum atomic E-state index is -0.349. The van der Waals surface area contributed by atoms with Gasteiger partial charge in [-0.1, -0.05) is 0 Å². The normalized spacial score (nSPS) is 20.6. The molecule has 2 aromatic rings. The van der Waals surface area contributed by atoms with Gasteiger partial charge in [-0.05, 0) is 49.1 Å². The van der Waals surface area contributed by atoms with Crippen LogP contribution in [0.15, 0.2) is 16.8 Å². The second kappa shape index (κ2) is 6.59. The van der Waals surface area contributed by atoms with Gasteiger partial charge in [0.15, 0.2) is 11.0 Å². The first-order chi connectivity index (χ1) is 12.5. The van der Waals surface area contributed by atoms with Crippen LogP contribution < -0.4 is 10.2 Å². The van der Waals surface area contributed by atoms with Crippen molar-refractivity contribution in [1.29, 1.82) is 0 Å². The summed E-state index contributed by atoms with van der Waals surface area (Å²) in [6.07, 6.45) is 2.57. The van der Waals surface area contributed by atoms with E-state index < -0.39 is 0 Å². The Labute approximate surface area is 151 Å². The summed E-state index contributed by atoms with van der Waals surface area (Å²) in [6, 6.07) is 3.90. The lowest BCUT2D eigenvalue weighted by Crippen LogP contribution is -2.33. The second-order valence-electron chi connectivity index (χ2n) is 7.32. The number of anilines is 2. The number of likely N-dealkylation sites (tertiary alicyclic amines) is 1. The lowest BCUT2D eigenvalue weighted by molar-refractivity contribution is -0.129. The van der Waals surface area contributed by atoms with Gasteiger partial charge >= 0.3 is 0 Å². The van der Waals surface area contributed by atoms with E-state index >= 15 is 0 Å². The summed E-state index contributed by atoms with van der Waals surface area (Å²) >= 11 is 0. The summed E-state index contributed by atoms with van der Waals surface area (Å²) in [5.74, 6) is -0.490. The molecule has 2 fully saturated rings. The van der Waals surface area contributed by atoms with E-state index in [1.807, 2.05) is 26.0 Å². The van der Waals surface area contributed by atoms with Crippen molar-refractivity contribution in [2.24, 2.45) is 5.92 Å². The first-order valence-electron chi connectivity index (χ1n) is 9.15. The number of benzene rings is 1. The Morgan fingerprint density at radius 3 is 2.65 bits per heavy atom. The largest absolute Gasteiger partial charge is 0.370 e. The van der Waals surface area contributed by atoms with Crippen LogP contribution in [0, 0.1) is 5.92 Å². The zero-order valence-corrected chi connectivity index (χ0v) is 15.1. The predicted molar refractivity (Wildman–Crippen MR) is 96.8 cm³/mol. The standard InChI is InChI=1S/C18H23N5O3/c1-11(2)23-10-12(9-15(23)24)18(25)19-13-5-6-14(22-7-3-4-8-22)17-16(13)20-26-21-17/h5-6,11-12H,3-4,7-10H2,1-2H3,(H,19,25)/t12-/m1/s1. The van der Waals surface area contributed by atoms with Crippen molar-refractivity contribution in [1.82, 2.24) is 15.2 Å². The van der Waals surface area contributed by atoms with E-state index in [9.17, 15) is 9.59 Å². The van der Waals surface area contributed by atoms with Crippen molar-refractivity contribution < 1.29 is 14.2 Å². The van der Waals surface area contributed by atoms with Gasteiger partial charge in [-0.25, -0.2) is 4.63 Å². The molecular formula is C18H23N5O3. The lowest BCUT2D eigenvalue weighted by atomic mass is 10.1. The van der Waals surface area contributed by atoms with Crippen LogP contribution in [0.1, 0.15) is 33.1 Å². The Kier molecular flexibility index (Phi) is 4.26. The van der Waals surface area contributed by atoms with Gasteiger partial charge in [0.05, 0.1) is 17.3 Å². The topological polar surface area (TPSA) is 91.6 Å². The summed E-state index contributed by atoms with van der Waals surface area (Å²) in [5.41, 5.74) is 2.77. The monoisotopic (exact) mass is 357 g/mol. The molecule has 2 amide bonds. The molecule has 0 unspecified atom stereocenters. The van der Waals surface area contributed by atoms with Crippen molar-refractivity contribution >= 4 is 34.2 Å². The molecule has 0 spiro atoms. The van der Waals surface area contributed by atoms with Crippen LogP contribution in [-0.4, -0.2) is 52.7 Å². The van der Waals surface area contributed by atoms with Gasteiger partial charge < -0.3 is 15.1 Å². The number of carbonyl (C=O) groups is 2. The van der Waals surface area contributed by atoms with Crippen molar-refractivity contribution in [2.45, 2.75) is 39.2 Å². The van der Waals surface area contributed by atoms with E-state index in [1.54, 1.807) is 4.90 Å². The average molecular weight is 357 g/mol. The Balaban J connectivity index is 1.54. The minimum absolute atomic E-state index is 0.0257. The summed E-state index contributed by atoms with van der Waals surface area (Å²) in [4.78, 5) is 28.7. The maximum atomic E-state index is 12.7. The fourth-order valence-corrected chi connectivity index (χ4v) is 3.81. The SMILES string of the molecule is CC(C)N1C[C@H](C(=O)Nc2ccc(N3CCCC3)c3nonc23)CC1=O. The molecule has 4 rings (SSSR count). The summed E-state index contributed by atoms with van der Waals surface area (Å²) in [6.45, 7) is 6.35. The molecule has 8 nitrogen and oxygen atoms in total. The third-order valence-electron chi connectivity index (χ3n) is 5.25. The number of carbonyl (C=O) groups excluding carboxylic acids is 2. The molecule has 0 aliphatic carbocycles. The third-order valence-corrected chi connectivity index (χ3v) is 5.25. The molecule has 2 aliphatic heterocycles. The van der Waals surface area contributed by atoms with Crippen LogP contribution in [0.3, 0.4) is 0 Å². The molecule has 26 heavy (non-hydrogen) atoms. The van der Waals surface area contributed by atoms with Crippen LogP contribution in [-0.2, 0) is 9.59 Å². The Morgan fingerprint density at radius 1 is 1.23 bits per heavy atom. The maximum Gasteiger partial charge on any atom is 0.229 e. The minimum Gasteiger partial charge on any atom is -0.370 e. The van der Waals surface area contributed by atoms with Crippen molar-refractivity contribution in [2.75, 3.05) is 29.9 Å². The predicted octanol–water partition coefficient (Wildman–Crippen LogP) is 2.02. The number of fused-ring (bicyclic) bond motifs is 1. The summed E-state index contributed by atoms with van der Waals surface area (Å²) in [5, 5.41) is 10.9. The van der Waals surface area contributed by atoms with E-state index in [0.29, 0.717) is 23.3 Å². The zero-order chi connectivity index (χ0) is 18.3. The third kappa shape index (κ3) is 2.89. The van der Waals surface area contributed by atoms with Crippen molar-refractivity contribution in [3.8, 4) is 0 Å². The van der Waals surface area contributed by atoms with Gasteiger partial charge in [0, 0.05) is 32.1 Å². The molecule has 2 saturated heterocycles. The van der Waals surface area contributed by atoms with Crippen LogP contribution in [0.5, 0.6) is 0 Å². The van der Waals surface area contributed by atoms with Gasteiger partial charge in [-0.15, -0.1) is 0 Å². The Bertz CT molecular complexity index is 840. The van der Waals surface area contributed by atoms with Gasteiger partial charge in [-0.3, -0.25) is 9.59 Å². The van der Waals surface area contributed by atoms with E-state index in [4.69, 9.17) is 4.63 Å². The van der Waals surface area contributed by atoms with Crippen LogP contribution in [0.4, 0.5) is 11.4 Å². The van der Waals surface area contributed by atoms with E-state index in [-0.39, 0.29) is 30.2 Å². The smallest absolute Gasteiger partial charge is 0.229 e. The number of amides is 2. The quantitative estimate of drug-likeness (QED) is 0.900. The highest BCUT2D eigenvalue weighted by molar-refractivity contribution is 6.04. The van der Waals surface area contributed by atoms with E-state index in [2.05, 4.69) is 20.5 Å². The van der Waals surface area contributed by atoms with E-state index in [1.165, 1.54) is 0 Å². The van der Waals surface area contributed by atoms with Crippen LogP contribution in [0.25, 0.3) is 11.0 Å². The number of hydrogen-bond donors (Lipinski definition) is 1. The Morgan fingerprint density at radius 2 is 1.96 bits per heavy atom. The maximum absolute atomic E-state index is 12.7. The number of rotatable bonds is 4. The number of hydrogen-bond acceptors (Lipinski definition) is 6. The van der Waals surface area contributed by atoms with Crippen molar-refractivity contribution in [3.05, 3.63) is 12.1 Å². The molecule has 1 aromatic carbocycles. The number of nitrogens with one attached hydrogen (secondary N) is 1. The van der Waals surface area contributed by atoms with E-state index in [0.717, 1.165) is 31.6 Å². The molecule has 8 heteroatoms. The zero-order valence-electron chi connectivity index (χ0n) is 15.1. The Hall–Kier alpha value is -2.64. The lowest BCUT2D eigenvalue weighted by Gasteiger charge is -2.21. The molecule has 1 atom stereocenters. The molecule has 2 aliphatic rings. The molecular weight excluding hydrogens is 334 g/mol. The van der Waals surface area contributed by atoms with Crippen LogP contribution >= 0.6 is 0 Å². The molecule has 3 heterocycles. The molecule has 0 radical (unpaired) electrons.